The van der Waals surface area contributed by atoms with Gasteiger partial charge in [-0.3, -0.25) is 9.59 Å². The summed E-state index contributed by atoms with van der Waals surface area (Å²) in [5.74, 6) is -1.21. The van der Waals surface area contributed by atoms with Crippen LogP contribution in [0.15, 0.2) is 24.3 Å². The SMILES string of the molecule is COCCNC(CC(=O)O)C(=O)c1ccc(C)cc1. The molecule has 1 aromatic rings. The molecular formula is C14H19NO4. The predicted molar refractivity (Wildman–Crippen MR) is 71.4 cm³/mol. The molecule has 0 aliphatic carbocycles. The lowest BCUT2D eigenvalue weighted by molar-refractivity contribution is -0.137. The average Bonchev–Trinajstić information content (AvgIpc) is 2.37. The van der Waals surface area contributed by atoms with Gasteiger partial charge in [-0.2, -0.15) is 0 Å². The molecule has 0 amide bonds. The van der Waals surface area contributed by atoms with Crippen LogP contribution in [-0.2, 0) is 9.53 Å². The van der Waals surface area contributed by atoms with Crippen molar-refractivity contribution in [3.05, 3.63) is 35.4 Å². The molecule has 104 valence electrons. The molecule has 0 aliphatic heterocycles. The molecule has 0 radical (unpaired) electrons. The number of carboxylic acid groups (broad SMARTS) is 1. The highest BCUT2D eigenvalue weighted by Crippen LogP contribution is 2.08. The topological polar surface area (TPSA) is 75.6 Å². The quantitative estimate of drug-likeness (QED) is 0.546. The predicted octanol–water partition coefficient (Wildman–Crippen LogP) is 1.26. The summed E-state index contributed by atoms with van der Waals surface area (Å²) in [6, 6.07) is 6.37. The minimum absolute atomic E-state index is 0.210. The lowest BCUT2D eigenvalue weighted by Crippen LogP contribution is -2.40. The molecule has 0 spiro atoms. The van der Waals surface area contributed by atoms with Gasteiger partial charge in [-0.1, -0.05) is 29.8 Å². The molecule has 0 aromatic heterocycles. The summed E-state index contributed by atoms with van der Waals surface area (Å²) in [6.45, 7) is 2.79. The number of hydrogen-bond donors (Lipinski definition) is 2. The fraction of sp³-hybridized carbons (Fsp3) is 0.429. The second-order valence-corrected chi connectivity index (χ2v) is 4.33. The number of aryl methyl sites for hydroxylation is 1. The largest absolute Gasteiger partial charge is 0.481 e. The molecule has 1 unspecified atom stereocenters. The van der Waals surface area contributed by atoms with E-state index in [0.717, 1.165) is 5.56 Å². The van der Waals surface area contributed by atoms with Crippen LogP contribution in [0.2, 0.25) is 0 Å². The lowest BCUT2D eigenvalue weighted by Gasteiger charge is -2.15. The first-order chi connectivity index (χ1) is 9.04. The molecule has 0 bridgehead atoms. The van der Waals surface area contributed by atoms with Gasteiger partial charge in [-0.15, -0.1) is 0 Å². The summed E-state index contributed by atoms with van der Waals surface area (Å²) in [5.41, 5.74) is 1.57. The number of benzene rings is 1. The lowest BCUT2D eigenvalue weighted by atomic mass is 10.0. The van der Waals surface area contributed by atoms with E-state index in [1.165, 1.54) is 0 Å². The second-order valence-electron chi connectivity index (χ2n) is 4.33. The van der Waals surface area contributed by atoms with Crippen LogP contribution < -0.4 is 5.32 Å². The van der Waals surface area contributed by atoms with E-state index in [2.05, 4.69) is 5.32 Å². The molecule has 5 nitrogen and oxygen atoms in total. The van der Waals surface area contributed by atoms with Gasteiger partial charge in [-0.25, -0.2) is 0 Å². The molecule has 0 fully saturated rings. The number of carbonyl (C=O) groups excluding carboxylic acids is 1. The van der Waals surface area contributed by atoms with Crippen molar-refractivity contribution in [2.75, 3.05) is 20.3 Å². The number of ether oxygens (including phenoxy) is 1. The fourth-order valence-corrected chi connectivity index (χ4v) is 1.69. The van der Waals surface area contributed by atoms with Gasteiger partial charge in [0, 0.05) is 19.2 Å². The summed E-state index contributed by atoms with van der Waals surface area (Å²) >= 11 is 0. The highest BCUT2D eigenvalue weighted by atomic mass is 16.5. The van der Waals surface area contributed by atoms with Gasteiger partial charge in [0.25, 0.3) is 0 Å². The van der Waals surface area contributed by atoms with E-state index >= 15 is 0 Å². The molecule has 5 heteroatoms. The molecule has 1 atom stereocenters. The molecular weight excluding hydrogens is 246 g/mol. The Bertz CT molecular complexity index is 428. The van der Waals surface area contributed by atoms with Crippen LogP contribution in [0.3, 0.4) is 0 Å². The van der Waals surface area contributed by atoms with Gasteiger partial charge in [0.05, 0.1) is 19.1 Å². The zero-order chi connectivity index (χ0) is 14.3. The highest BCUT2D eigenvalue weighted by molar-refractivity contribution is 6.01. The summed E-state index contributed by atoms with van der Waals surface area (Å²) in [4.78, 5) is 23.0. The van der Waals surface area contributed by atoms with Crippen molar-refractivity contribution in [1.29, 1.82) is 0 Å². The van der Waals surface area contributed by atoms with Gasteiger partial charge >= 0.3 is 5.97 Å². The Labute approximate surface area is 112 Å². The fourth-order valence-electron chi connectivity index (χ4n) is 1.69. The van der Waals surface area contributed by atoms with Crippen molar-refractivity contribution < 1.29 is 19.4 Å². The van der Waals surface area contributed by atoms with Crippen LogP contribution in [0.25, 0.3) is 0 Å². The van der Waals surface area contributed by atoms with Crippen molar-refractivity contribution in [2.45, 2.75) is 19.4 Å². The zero-order valence-electron chi connectivity index (χ0n) is 11.2. The Morgan fingerprint density at radius 2 is 1.95 bits per heavy atom. The van der Waals surface area contributed by atoms with Crippen LogP contribution in [0.4, 0.5) is 0 Å². The number of carboxylic acids is 1. The Balaban J connectivity index is 2.74. The second kappa shape index (κ2) is 7.66. The van der Waals surface area contributed by atoms with Gasteiger partial charge in [-0.05, 0) is 6.92 Å². The van der Waals surface area contributed by atoms with E-state index in [-0.39, 0.29) is 12.2 Å². The number of rotatable bonds is 8. The number of methoxy groups -OCH3 is 1. The number of Topliss-reactive ketones (excluding diaryl/α,β-unsaturated/α-hetero) is 1. The van der Waals surface area contributed by atoms with E-state index in [1.807, 2.05) is 19.1 Å². The smallest absolute Gasteiger partial charge is 0.305 e. The number of aliphatic carboxylic acids is 1. The minimum atomic E-state index is -1.00. The first-order valence-corrected chi connectivity index (χ1v) is 6.09. The molecule has 0 saturated carbocycles. The van der Waals surface area contributed by atoms with Crippen molar-refractivity contribution in [2.24, 2.45) is 0 Å². The van der Waals surface area contributed by atoms with Crippen molar-refractivity contribution in [3.63, 3.8) is 0 Å². The first kappa shape index (κ1) is 15.3. The zero-order valence-corrected chi connectivity index (χ0v) is 11.2. The molecule has 1 aromatic carbocycles. The van der Waals surface area contributed by atoms with E-state index in [4.69, 9.17) is 9.84 Å². The van der Waals surface area contributed by atoms with Crippen LogP contribution in [0.5, 0.6) is 0 Å². The summed E-state index contributed by atoms with van der Waals surface area (Å²) in [7, 11) is 1.55. The number of carbonyl (C=O) groups is 2. The normalized spacial score (nSPS) is 12.1. The number of hydrogen-bond acceptors (Lipinski definition) is 4. The van der Waals surface area contributed by atoms with Crippen LogP contribution in [-0.4, -0.2) is 43.2 Å². The number of nitrogens with one attached hydrogen (secondary N) is 1. The number of ketones is 1. The maximum absolute atomic E-state index is 12.2. The van der Waals surface area contributed by atoms with Crippen LogP contribution in [0, 0.1) is 6.92 Å². The molecule has 0 saturated heterocycles. The standard InChI is InChI=1S/C14H19NO4/c1-10-3-5-11(6-4-10)14(18)12(9-13(16)17)15-7-8-19-2/h3-6,12,15H,7-9H2,1-2H3,(H,16,17). The van der Waals surface area contributed by atoms with Crippen molar-refractivity contribution >= 4 is 11.8 Å². The molecule has 2 N–H and O–H groups in total. The Hall–Kier alpha value is -1.72. The third-order valence-corrected chi connectivity index (χ3v) is 2.73. The Morgan fingerprint density at radius 1 is 1.32 bits per heavy atom. The molecule has 0 aliphatic rings. The summed E-state index contributed by atoms with van der Waals surface area (Å²) < 4.78 is 4.88. The van der Waals surface area contributed by atoms with E-state index in [1.54, 1.807) is 19.2 Å². The highest BCUT2D eigenvalue weighted by Gasteiger charge is 2.22. The van der Waals surface area contributed by atoms with Gasteiger partial charge < -0.3 is 15.2 Å². The van der Waals surface area contributed by atoms with E-state index in [0.29, 0.717) is 18.7 Å². The van der Waals surface area contributed by atoms with Crippen molar-refractivity contribution in [1.82, 2.24) is 5.32 Å². The Morgan fingerprint density at radius 3 is 2.47 bits per heavy atom. The van der Waals surface area contributed by atoms with Gasteiger partial charge in [0.15, 0.2) is 5.78 Å². The van der Waals surface area contributed by atoms with Gasteiger partial charge in [0.1, 0.15) is 0 Å². The maximum atomic E-state index is 12.2. The Kier molecular flexibility index (Phi) is 6.18. The molecule has 1 rings (SSSR count). The third kappa shape index (κ3) is 5.19. The minimum Gasteiger partial charge on any atom is -0.481 e. The average molecular weight is 265 g/mol. The third-order valence-electron chi connectivity index (χ3n) is 2.73. The molecule has 19 heavy (non-hydrogen) atoms. The maximum Gasteiger partial charge on any atom is 0.305 e. The van der Waals surface area contributed by atoms with Crippen LogP contribution >= 0.6 is 0 Å². The van der Waals surface area contributed by atoms with Crippen molar-refractivity contribution in [3.8, 4) is 0 Å². The van der Waals surface area contributed by atoms with E-state index < -0.39 is 12.0 Å². The van der Waals surface area contributed by atoms with E-state index in [9.17, 15) is 9.59 Å². The van der Waals surface area contributed by atoms with Gasteiger partial charge in [0.2, 0.25) is 0 Å². The summed E-state index contributed by atoms with van der Waals surface area (Å²) in [6.07, 6.45) is -0.240. The molecule has 0 heterocycles. The summed E-state index contributed by atoms with van der Waals surface area (Å²) in [5, 5.41) is 11.8. The monoisotopic (exact) mass is 265 g/mol. The van der Waals surface area contributed by atoms with Crippen LogP contribution in [0.1, 0.15) is 22.3 Å². The first-order valence-electron chi connectivity index (χ1n) is 6.09.